The summed E-state index contributed by atoms with van der Waals surface area (Å²) in [6.07, 6.45) is 3.38. The summed E-state index contributed by atoms with van der Waals surface area (Å²) in [6, 6.07) is 11.4. The molecule has 5 rings (SSSR count). The second-order valence-corrected chi connectivity index (χ2v) is 11.9. The Morgan fingerprint density at radius 2 is 1.82 bits per heavy atom. The maximum Gasteiger partial charge on any atom is 0.289 e. The number of aromatic nitrogens is 1. The fraction of sp³-hybridized carbons (Fsp3) is 0.406. The largest absolute Gasteiger partial charge is 1.00 e. The molecule has 0 spiro atoms. The van der Waals surface area contributed by atoms with Gasteiger partial charge in [0.2, 0.25) is 18.5 Å². The summed E-state index contributed by atoms with van der Waals surface area (Å²) in [5.41, 5.74) is 1.73. The van der Waals surface area contributed by atoms with Gasteiger partial charge in [-0.2, -0.15) is 0 Å². The first-order chi connectivity index (χ1) is 21.1. The average molecular weight is 732 g/mol. The molecule has 0 unspecified atom stereocenters. The first-order valence-electron chi connectivity index (χ1n) is 14.7. The molecule has 0 aliphatic carbocycles. The molecule has 1 fully saturated rings. The van der Waals surface area contributed by atoms with Crippen molar-refractivity contribution in [1.29, 1.82) is 0 Å². The molecule has 1 saturated heterocycles. The van der Waals surface area contributed by atoms with Crippen LogP contribution in [0.4, 0.5) is 0 Å². The van der Waals surface area contributed by atoms with Crippen LogP contribution in [0.1, 0.15) is 35.2 Å². The maximum atomic E-state index is 13.2. The summed E-state index contributed by atoms with van der Waals surface area (Å²) in [7, 11) is 6.37. The standard InChI is InChI=1S/C32H37N5O7.HI/c1-37(2,3)14-5-15-42-22-8-9-25-24(17-22)23(11-12-33-25)31(40)35-19-29(38)36-13-4-6-26(36)30(39)32(41)34-18-21-7-10-27-28(16-21)44-20-43-27;/h7-12,16-17,26H,4-6,13-15,18-20H2,1-3H3,(H-,34,35,40,41);1H/t26-;/m0./s1. The van der Waals surface area contributed by atoms with Gasteiger partial charge in [-0.15, -0.1) is 0 Å². The van der Waals surface area contributed by atoms with E-state index in [1.165, 1.54) is 11.1 Å². The lowest BCUT2D eigenvalue weighted by Gasteiger charge is -2.23. The molecule has 0 saturated carbocycles. The highest BCUT2D eigenvalue weighted by atomic mass is 127. The fourth-order valence-electron chi connectivity index (χ4n) is 5.30. The number of likely N-dealkylation sites (tertiary alicyclic amines) is 1. The number of carbonyl (C=O) groups excluding carboxylic acids is 4. The molecule has 12 nitrogen and oxygen atoms in total. The highest BCUT2D eigenvalue weighted by Gasteiger charge is 2.37. The molecule has 2 aliphatic heterocycles. The summed E-state index contributed by atoms with van der Waals surface area (Å²) in [5.74, 6) is -0.494. The number of hydrogen-bond donors (Lipinski definition) is 2. The van der Waals surface area contributed by atoms with Crippen molar-refractivity contribution in [3.8, 4) is 17.2 Å². The van der Waals surface area contributed by atoms with Gasteiger partial charge in [0.1, 0.15) is 11.8 Å². The minimum absolute atomic E-state index is 0. The summed E-state index contributed by atoms with van der Waals surface area (Å²) in [5, 5.41) is 5.92. The number of ether oxygens (including phenoxy) is 3. The first kappa shape index (κ1) is 33.9. The molecule has 45 heavy (non-hydrogen) atoms. The zero-order chi connectivity index (χ0) is 31.3. The van der Waals surface area contributed by atoms with Crippen LogP contribution in [0.25, 0.3) is 10.9 Å². The fourth-order valence-corrected chi connectivity index (χ4v) is 5.30. The second kappa shape index (κ2) is 14.9. The van der Waals surface area contributed by atoms with Crippen molar-refractivity contribution in [2.24, 2.45) is 0 Å². The molecule has 0 radical (unpaired) electrons. The number of nitrogens with one attached hydrogen (secondary N) is 2. The third-order valence-electron chi connectivity index (χ3n) is 7.59. The first-order valence-corrected chi connectivity index (χ1v) is 14.7. The predicted octanol–water partition coefficient (Wildman–Crippen LogP) is -0.951. The lowest BCUT2D eigenvalue weighted by Crippen LogP contribution is -3.00. The van der Waals surface area contributed by atoms with E-state index in [0.717, 1.165) is 23.0 Å². The molecule has 2 N–H and O–H groups in total. The van der Waals surface area contributed by atoms with E-state index in [1.807, 2.05) is 6.07 Å². The Bertz CT molecular complexity index is 1580. The van der Waals surface area contributed by atoms with Crippen molar-refractivity contribution in [2.45, 2.75) is 31.8 Å². The van der Waals surface area contributed by atoms with Gasteiger partial charge in [0, 0.05) is 31.1 Å². The molecule has 13 heteroatoms. The molecule has 1 aromatic heterocycles. The van der Waals surface area contributed by atoms with Crippen LogP contribution < -0.4 is 48.8 Å². The molecule has 3 heterocycles. The van der Waals surface area contributed by atoms with Crippen molar-refractivity contribution < 1.29 is 61.8 Å². The van der Waals surface area contributed by atoms with Gasteiger partial charge < -0.3 is 58.2 Å². The Hall–Kier alpha value is -3.98. The highest BCUT2D eigenvalue weighted by molar-refractivity contribution is 6.38. The van der Waals surface area contributed by atoms with Crippen LogP contribution in [0.15, 0.2) is 48.7 Å². The minimum Gasteiger partial charge on any atom is -1.00 e. The van der Waals surface area contributed by atoms with Crippen LogP contribution in [0.3, 0.4) is 0 Å². The number of amides is 3. The number of halogens is 1. The number of ketones is 1. The lowest BCUT2D eigenvalue weighted by atomic mass is 10.1. The van der Waals surface area contributed by atoms with Crippen molar-refractivity contribution in [3.05, 3.63) is 59.8 Å². The van der Waals surface area contributed by atoms with Crippen molar-refractivity contribution in [3.63, 3.8) is 0 Å². The molecule has 3 aromatic rings. The van der Waals surface area contributed by atoms with Gasteiger partial charge in [0.25, 0.3) is 11.8 Å². The number of quaternary nitrogens is 1. The summed E-state index contributed by atoms with van der Waals surface area (Å²) >= 11 is 0. The lowest BCUT2D eigenvalue weighted by molar-refractivity contribution is -0.870. The number of fused-ring (bicyclic) bond motifs is 2. The maximum absolute atomic E-state index is 13.2. The van der Waals surface area contributed by atoms with Gasteiger partial charge in [-0.1, -0.05) is 6.07 Å². The Morgan fingerprint density at radius 3 is 2.62 bits per heavy atom. The number of hydrogen-bond acceptors (Lipinski definition) is 8. The normalized spacial score (nSPS) is 15.4. The molecule has 2 aromatic carbocycles. The molecule has 0 bridgehead atoms. The van der Waals surface area contributed by atoms with E-state index < -0.39 is 29.5 Å². The van der Waals surface area contributed by atoms with Crippen molar-refractivity contribution >= 4 is 34.4 Å². The van der Waals surface area contributed by atoms with Gasteiger partial charge in [-0.05, 0) is 54.8 Å². The van der Waals surface area contributed by atoms with Gasteiger partial charge >= 0.3 is 0 Å². The number of Topliss-reactive ketones (excluding diaryl/α,β-unsaturated/α-hetero) is 1. The van der Waals surface area contributed by atoms with Gasteiger partial charge in [0.15, 0.2) is 11.5 Å². The topological polar surface area (TPSA) is 136 Å². The van der Waals surface area contributed by atoms with Crippen molar-refractivity contribution in [1.82, 2.24) is 20.5 Å². The molecule has 240 valence electrons. The number of rotatable bonds is 12. The van der Waals surface area contributed by atoms with Crippen molar-refractivity contribution in [2.75, 3.05) is 54.2 Å². The molecule has 3 amide bonds. The SMILES string of the molecule is C[N+](C)(C)CCCOc1ccc2nccc(C(=O)NCC(=O)N3CCC[C@H]3C(=O)C(=O)NCc3ccc4c(c3)OCO4)c2c1.[I-]. The Balaban J connectivity index is 0.00000461. The van der Waals surface area contributed by atoms with Crippen LogP contribution in [0.2, 0.25) is 0 Å². The number of benzene rings is 2. The Labute approximate surface area is 279 Å². The Morgan fingerprint density at radius 1 is 1.02 bits per heavy atom. The third kappa shape index (κ3) is 8.60. The van der Waals surface area contributed by atoms with Crippen LogP contribution in [-0.2, 0) is 20.9 Å². The molecule has 1 atom stereocenters. The second-order valence-electron chi connectivity index (χ2n) is 11.9. The van der Waals surface area contributed by atoms with E-state index in [0.29, 0.717) is 59.7 Å². The van der Waals surface area contributed by atoms with E-state index in [-0.39, 0.29) is 43.9 Å². The highest BCUT2D eigenvalue weighted by Crippen LogP contribution is 2.32. The average Bonchev–Trinajstić information content (AvgIpc) is 3.69. The monoisotopic (exact) mass is 731 g/mol. The quantitative estimate of drug-likeness (QED) is 0.106. The summed E-state index contributed by atoms with van der Waals surface area (Å²) < 4.78 is 17.4. The summed E-state index contributed by atoms with van der Waals surface area (Å²) in [4.78, 5) is 57.7. The van der Waals surface area contributed by atoms with Gasteiger partial charge in [0.05, 0.1) is 51.9 Å². The van der Waals surface area contributed by atoms with Crippen LogP contribution in [0.5, 0.6) is 17.2 Å². The molecule has 2 aliphatic rings. The number of nitrogens with zero attached hydrogens (tertiary/aromatic N) is 3. The Kier molecular flexibility index (Phi) is 11.2. The number of carbonyl (C=O) groups is 4. The molecular formula is C32H38IN5O7. The van der Waals surface area contributed by atoms with E-state index in [2.05, 4.69) is 36.8 Å². The minimum atomic E-state index is -0.880. The van der Waals surface area contributed by atoms with E-state index >= 15 is 0 Å². The van der Waals surface area contributed by atoms with E-state index in [9.17, 15) is 19.2 Å². The molecular weight excluding hydrogens is 693 g/mol. The summed E-state index contributed by atoms with van der Waals surface area (Å²) in [6.45, 7) is 1.79. The van der Waals surface area contributed by atoms with Crippen LogP contribution in [0, 0.1) is 0 Å². The number of pyridine rings is 1. The van der Waals surface area contributed by atoms with Gasteiger partial charge in [-0.25, -0.2) is 0 Å². The zero-order valence-electron chi connectivity index (χ0n) is 25.6. The van der Waals surface area contributed by atoms with E-state index in [1.54, 1.807) is 36.4 Å². The predicted molar refractivity (Wildman–Crippen MR) is 161 cm³/mol. The smallest absolute Gasteiger partial charge is 0.289 e. The van der Waals surface area contributed by atoms with Crippen LogP contribution >= 0.6 is 0 Å². The van der Waals surface area contributed by atoms with E-state index in [4.69, 9.17) is 14.2 Å². The van der Waals surface area contributed by atoms with Gasteiger partial charge in [-0.3, -0.25) is 24.2 Å². The zero-order valence-corrected chi connectivity index (χ0v) is 27.8. The third-order valence-corrected chi connectivity index (χ3v) is 7.59. The van der Waals surface area contributed by atoms with Crippen LogP contribution in [-0.4, -0.2) is 98.1 Å².